The molecule has 12 heteroatoms. The van der Waals surface area contributed by atoms with Crippen LogP contribution in [0.2, 0.25) is 0 Å². The zero-order valence-electron chi connectivity index (χ0n) is 19.1. The standard InChI is InChI=1S/C23H24F6N6/c1-13(15-4-3-5-16(20(15)24)21(25)26)31-22-17-10-19(30-11-18(17)32-14(2)33-22)35-8-6-34(7-9-35)12-23(27,28)29/h3-5,10-11,13,21H,6-9,12H2,1-2H3,(H,31,32,33)/t13-/m1/s1. The number of aromatic nitrogens is 3. The maximum absolute atomic E-state index is 14.7. The Hall–Kier alpha value is -3.15. The van der Waals surface area contributed by atoms with Gasteiger partial charge < -0.3 is 10.2 Å². The molecule has 4 rings (SSSR count). The molecule has 1 aromatic carbocycles. The number of hydrogen-bond donors (Lipinski definition) is 1. The van der Waals surface area contributed by atoms with E-state index in [1.54, 1.807) is 26.1 Å². The van der Waals surface area contributed by atoms with Crippen molar-refractivity contribution in [3.63, 3.8) is 0 Å². The SMILES string of the molecule is Cc1nc(N[C@H](C)c2cccc(C(F)F)c2F)c2cc(N3CCN(CC(F)(F)F)CC3)ncc2n1. The first-order valence-corrected chi connectivity index (χ1v) is 11.0. The molecule has 188 valence electrons. The molecule has 6 nitrogen and oxygen atoms in total. The van der Waals surface area contributed by atoms with Crippen LogP contribution in [0.15, 0.2) is 30.5 Å². The fourth-order valence-electron chi connectivity index (χ4n) is 4.16. The van der Waals surface area contributed by atoms with E-state index < -0.39 is 36.6 Å². The first-order valence-electron chi connectivity index (χ1n) is 11.0. The van der Waals surface area contributed by atoms with E-state index in [0.29, 0.717) is 41.5 Å². The second-order valence-corrected chi connectivity index (χ2v) is 8.47. The van der Waals surface area contributed by atoms with Gasteiger partial charge in [0, 0.05) is 37.1 Å². The summed E-state index contributed by atoms with van der Waals surface area (Å²) in [7, 11) is 0. The average molecular weight is 498 g/mol. The lowest BCUT2D eigenvalue weighted by Gasteiger charge is -2.35. The van der Waals surface area contributed by atoms with E-state index in [4.69, 9.17) is 0 Å². The number of benzene rings is 1. The van der Waals surface area contributed by atoms with Crippen LogP contribution < -0.4 is 10.2 Å². The first-order chi connectivity index (χ1) is 16.5. The van der Waals surface area contributed by atoms with E-state index in [0.717, 1.165) is 6.07 Å². The van der Waals surface area contributed by atoms with E-state index in [1.165, 1.54) is 17.0 Å². The van der Waals surface area contributed by atoms with Crippen LogP contribution in [0.25, 0.3) is 10.9 Å². The van der Waals surface area contributed by atoms with Crippen molar-refractivity contribution in [2.45, 2.75) is 32.5 Å². The Kier molecular flexibility index (Phi) is 7.02. The number of hydrogen-bond acceptors (Lipinski definition) is 6. The molecule has 0 saturated carbocycles. The number of rotatable bonds is 6. The van der Waals surface area contributed by atoms with Crippen molar-refractivity contribution < 1.29 is 26.3 Å². The fraction of sp³-hybridized carbons (Fsp3) is 0.435. The number of nitrogens with zero attached hydrogens (tertiary/aromatic N) is 5. The van der Waals surface area contributed by atoms with Crippen LogP contribution in [0.4, 0.5) is 38.0 Å². The van der Waals surface area contributed by atoms with Crippen molar-refractivity contribution >= 4 is 22.5 Å². The lowest BCUT2D eigenvalue weighted by molar-refractivity contribution is -0.146. The maximum Gasteiger partial charge on any atom is 0.401 e. The molecule has 35 heavy (non-hydrogen) atoms. The highest BCUT2D eigenvalue weighted by Crippen LogP contribution is 2.31. The molecule has 1 fully saturated rings. The van der Waals surface area contributed by atoms with Crippen LogP contribution in [-0.4, -0.2) is 58.8 Å². The number of fused-ring (bicyclic) bond motifs is 1. The van der Waals surface area contributed by atoms with Crippen molar-refractivity contribution in [3.05, 3.63) is 53.2 Å². The Morgan fingerprint density at radius 2 is 1.74 bits per heavy atom. The van der Waals surface area contributed by atoms with Crippen LogP contribution in [0.1, 0.15) is 36.3 Å². The quantitative estimate of drug-likeness (QED) is 0.468. The molecule has 0 unspecified atom stereocenters. The molecule has 0 radical (unpaired) electrons. The molecule has 0 bridgehead atoms. The molecule has 0 spiro atoms. The summed E-state index contributed by atoms with van der Waals surface area (Å²) in [6.45, 7) is 3.59. The number of aryl methyl sites for hydroxylation is 1. The zero-order valence-corrected chi connectivity index (χ0v) is 19.1. The van der Waals surface area contributed by atoms with E-state index in [-0.39, 0.29) is 18.7 Å². The molecular weight excluding hydrogens is 474 g/mol. The molecule has 3 heterocycles. The van der Waals surface area contributed by atoms with Gasteiger partial charge in [0.2, 0.25) is 0 Å². The van der Waals surface area contributed by atoms with Gasteiger partial charge in [-0.3, -0.25) is 4.90 Å². The Labute approximate surface area is 198 Å². The number of halogens is 6. The lowest BCUT2D eigenvalue weighted by Crippen LogP contribution is -2.49. The number of anilines is 2. The minimum absolute atomic E-state index is 0.0716. The first kappa shape index (κ1) is 25.0. The molecule has 0 amide bonds. The van der Waals surface area contributed by atoms with Gasteiger partial charge in [-0.05, 0) is 19.9 Å². The van der Waals surface area contributed by atoms with Crippen molar-refractivity contribution in [2.75, 3.05) is 42.9 Å². The second-order valence-electron chi connectivity index (χ2n) is 8.47. The van der Waals surface area contributed by atoms with E-state index >= 15 is 0 Å². The van der Waals surface area contributed by atoms with E-state index in [9.17, 15) is 26.3 Å². The van der Waals surface area contributed by atoms with E-state index in [2.05, 4.69) is 20.3 Å². The molecule has 1 aliphatic rings. The van der Waals surface area contributed by atoms with Crippen LogP contribution in [-0.2, 0) is 0 Å². The Morgan fingerprint density at radius 1 is 1.06 bits per heavy atom. The molecule has 2 aromatic heterocycles. The van der Waals surface area contributed by atoms with Gasteiger partial charge in [-0.1, -0.05) is 18.2 Å². The van der Waals surface area contributed by atoms with Crippen molar-refractivity contribution in [1.82, 2.24) is 19.9 Å². The van der Waals surface area contributed by atoms with Gasteiger partial charge in [0.15, 0.2) is 0 Å². The molecule has 1 aliphatic heterocycles. The molecule has 3 aromatic rings. The van der Waals surface area contributed by atoms with Crippen LogP contribution in [0.5, 0.6) is 0 Å². The summed E-state index contributed by atoms with van der Waals surface area (Å²) in [5, 5.41) is 3.68. The highest BCUT2D eigenvalue weighted by Gasteiger charge is 2.32. The summed E-state index contributed by atoms with van der Waals surface area (Å²) in [5.74, 6) is 0.389. The number of piperazine rings is 1. The maximum atomic E-state index is 14.7. The second kappa shape index (κ2) is 9.84. The largest absolute Gasteiger partial charge is 0.401 e. The summed E-state index contributed by atoms with van der Waals surface area (Å²) in [4.78, 5) is 16.4. The highest BCUT2D eigenvalue weighted by atomic mass is 19.4. The van der Waals surface area contributed by atoms with Gasteiger partial charge in [0.25, 0.3) is 6.43 Å². The molecule has 1 N–H and O–H groups in total. The summed E-state index contributed by atoms with van der Waals surface area (Å²) in [6.07, 6.45) is -5.63. The minimum atomic E-state index is -4.25. The van der Waals surface area contributed by atoms with Crippen molar-refractivity contribution in [3.8, 4) is 0 Å². The van der Waals surface area contributed by atoms with Crippen LogP contribution >= 0.6 is 0 Å². The molecule has 0 aliphatic carbocycles. The third kappa shape index (κ3) is 5.75. The van der Waals surface area contributed by atoms with Crippen molar-refractivity contribution in [1.29, 1.82) is 0 Å². The Morgan fingerprint density at radius 3 is 2.40 bits per heavy atom. The third-order valence-electron chi connectivity index (χ3n) is 5.89. The van der Waals surface area contributed by atoms with Crippen LogP contribution in [0.3, 0.4) is 0 Å². The van der Waals surface area contributed by atoms with E-state index in [1.807, 2.05) is 4.90 Å². The summed E-state index contributed by atoms with van der Waals surface area (Å²) < 4.78 is 79.0. The summed E-state index contributed by atoms with van der Waals surface area (Å²) in [5.41, 5.74) is -0.0771. The Balaban J connectivity index is 1.59. The lowest BCUT2D eigenvalue weighted by atomic mass is 10.0. The number of nitrogens with one attached hydrogen (secondary N) is 1. The molecular formula is C23H24F6N6. The smallest absolute Gasteiger partial charge is 0.363 e. The topological polar surface area (TPSA) is 57.2 Å². The van der Waals surface area contributed by atoms with Gasteiger partial charge in [0.1, 0.15) is 23.3 Å². The highest BCUT2D eigenvalue weighted by molar-refractivity contribution is 5.90. The molecule has 1 saturated heterocycles. The average Bonchev–Trinajstić information content (AvgIpc) is 2.78. The van der Waals surface area contributed by atoms with Crippen molar-refractivity contribution in [2.24, 2.45) is 0 Å². The summed E-state index contributed by atoms with van der Waals surface area (Å²) in [6, 6.07) is 4.90. The van der Waals surface area contributed by atoms with Gasteiger partial charge in [-0.15, -0.1) is 0 Å². The monoisotopic (exact) mass is 498 g/mol. The Bertz CT molecular complexity index is 1190. The summed E-state index contributed by atoms with van der Waals surface area (Å²) >= 11 is 0. The van der Waals surface area contributed by atoms with Gasteiger partial charge in [-0.2, -0.15) is 13.2 Å². The number of alkyl halides is 5. The number of pyridine rings is 1. The molecule has 1 atom stereocenters. The minimum Gasteiger partial charge on any atom is -0.363 e. The van der Waals surface area contributed by atoms with Crippen LogP contribution in [0, 0.1) is 12.7 Å². The van der Waals surface area contributed by atoms with Gasteiger partial charge >= 0.3 is 6.18 Å². The van der Waals surface area contributed by atoms with Gasteiger partial charge in [0.05, 0.1) is 29.9 Å². The zero-order chi connectivity index (χ0) is 25.3. The fourth-order valence-corrected chi connectivity index (χ4v) is 4.16. The predicted octanol–water partition coefficient (Wildman–Crippen LogP) is 5.27. The normalized spacial score (nSPS) is 16.2. The van der Waals surface area contributed by atoms with Gasteiger partial charge in [-0.25, -0.2) is 28.1 Å². The third-order valence-corrected chi connectivity index (χ3v) is 5.89. The predicted molar refractivity (Wildman–Crippen MR) is 120 cm³/mol.